The van der Waals surface area contributed by atoms with Crippen LogP contribution in [0.2, 0.25) is 0 Å². The van der Waals surface area contributed by atoms with E-state index in [-0.39, 0.29) is 13.0 Å². The number of nitrogens with one attached hydrogen (secondary N) is 1. The number of nitrogens with zero attached hydrogens (tertiary/aromatic N) is 1. The van der Waals surface area contributed by atoms with Gasteiger partial charge in [0.2, 0.25) is 0 Å². The average molecular weight is 208 g/mol. The number of alkyl halides is 3. The van der Waals surface area contributed by atoms with Gasteiger partial charge in [0.25, 0.3) is 0 Å². The fourth-order valence-corrected chi connectivity index (χ4v) is 0.757. The van der Waals surface area contributed by atoms with E-state index in [0.29, 0.717) is 5.82 Å². The molecule has 0 saturated carbocycles. The minimum Gasteiger partial charge on any atom is -0.459 e. The Bertz CT molecular complexity index is 294. The van der Waals surface area contributed by atoms with Crippen molar-refractivity contribution < 1.29 is 22.7 Å². The van der Waals surface area contributed by atoms with E-state index in [2.05, 4.69) is 14.7 Å². The molecule has 14 heavy (non-hydrogen) atoms. The molecule has 0 aliphatic heterocycles. The van der Waals surface area contributed by atoms with Gasteiger partial charge in [0.05, 0.1) is 6.61 Å². The van der Waals surface area contributed by atoms with Crippen LogP contribution in [0.15, 0.2) is 12.4 Å². The van der Waals surface area contributed by atoms with Crippen molar-refractivity contribution in [3.05, 3.63) is 18.2 Å². The molecule has 0 saturated heterocycles. The molecule has 1 rings (SSSR count). The smallest absolute Gasteiger partial charge is 0.459 e. The molecule has 78 valence electrons. The number of aromatic nitrogens is 2. The Hall–Kier alpha value is -1.53. The van der Waals surface area contributed by atoms with E-state index in [1.54, 1.807) is 0 Å². The first kappa shape index (κ1) is 10.6. The van der Waals surface area contributed by atoms with Crippen molar-refractivity contribution in [3.63, 3.8) is 0 Å². The Morgan fingerprint density at radius 2 is 2.29 bits per heavy atom. The minimum atomic E-state index is -4.93. The molecule has 1 aromatic rings. The van der Waals surface area contributed by atoms with Gasteiger partial charge in [0, 0.05) is 18.8 Å². The van der Waals surface area contributed by atoms with Gasteiger partial charge < -0.3 is 9.72 Å². The van der Waals surface area contributed by atoms with Crippen molar-refractivity contribution in [3.8, 4) is 0 Å². The molecule has 0 radical (unpaired) electrons. The number of rotatable bonds is 3. The fraction of sp³-hybridized carbons (Fsp3) is 0.429. The summed E-state index contributed by atoms with van der Waals surface area (Å²) < 4.78 is 38.8. The van der Waals surface area contributed by atoms with Gasteiger partial charge >= 0.3 is 12.1 Å². The molecule has 7 heteroatoms. The van der Waals surface area contributed by atoms with Crippen molar-refractivity contribution in [1.82, 2.24) is 9.97 Å². The molecule has 0 bridgehead atoms. The molecule has 1 aromatic heterocycles. The minimum absolute atomic E-state index is 0.134. The highest BCUT2D eigenvalue weighted by molar-refractivity contribution is 5.75. The van der Waals surface area contributed by atoms with E-state index >= 15 is 0 Å². The van der Waals surface area contributed by atoms with E-state index in [4.69, 9.17) is 0 Å². The Labute approximate surface area is 77.1 Å². The first-order valence-corrected chi connectivity index (χ1v) is 3.72. The number of carbonyl (C=O) groups is 1. The zero-order chi connectivity index (χ0) is 10.6. The number of hydrogen-bond acceptors (Lipinski definition) is 3. The van der Waals surface area contributed by atoms with Crippen LogP contribution >= 0.6 is 0 Å². The van der Waals surface area contributed by atoms with Crippen LogP contribution in [0.3, 0.4) is 0 Å². The van der Waals surface area contributed by atoms with Gasteiger partial charge in [0.15, 0.2) is 0 Å². The van der Waals surface area contributed by atoms with Gasteiger partial charge in [-0.2, -0.15) is 13.2 Å². The van der Waals surface area contributed by atoms with Crippen molar-refractivity contribution in [2.75, 3.05) is 6.61 Å². The predicted octanol–water partition coefficient (Wildman–Crippen LogP) is 1.06. The number of hydrogen-bond donors (Lipinski definition) is 1. The van der Waals surface area contributed by atoms with Crippen LogP contribution in [-0.4, -0.2) is 28.7 Å². The van der Waals surface area contributed by atoms with Gasteiger partial charge in [0.1, 0.15) is 5.82 Å². The molecular formula is C7H7F3N2O2. The van der Waals surface area contributed by atoms with E-state index in [0.717, 1.165) is 0 Å². The Morgan fingerprint density at radius 1 is 1.57 bits per heavy atom. The topological polar surface area (TPSA) is 55.0 Å². The zero-order valence-electron chi connectivity index (χ0n) is 6.97. The van der Waals surface area contributed by atoms with Gasteiger partial charge in [-0.3, -0.25) is 0 Å². The van der Waals surface area contributed by atoms with Crippen molar-refractivity contribution >= 4 is 5.97 Å². The monoisotopic (exact) mass is 208 g/mol. The molecule has 0 aliphatic rings. The van der Waals surface area contributed by atoms with Crippen molar-refractivity contribution in [2.45, 2.75) is 12.6 Å². The molecule has 0 fully saturated rings. The standard InChI is InChI=1S/C7H7F3N2O2/c8-7(9,10)6(13)14-4-1-5-11-2-3-12-5/h2-3H,1,4H2,(H,11,12). The van der Waals surface area contributed by atoms with Crippen LogP contribution in [0, 0.1) is 0 Å². The lowest BCUT2D eigenvalue weighted by Gasteiger charge is -2.05. The summed E-state index contributed by atoms with van der Waals surface area (Å²) >= 11 is 0. The maximum atomic E-state index is 11.6. The van der Waals surface area contributed by atoms with Crippen LogP contribution in [-0.2, 0) is 16.0 Å². The van der Waals surface area contributed by atoms with E-state index in [9.17, 15) is 18.0 Å². The third-order valence-electron chi connectivity index (χ3n) is 1.36. The third-order valence-corrected chi connectivity index (χ3v) is 1.36. The van der Waals surface area contributed by atoms with E-state index in [1.807, 2.05) is 0 Å². The molecule has 0 amide bonds. The average Bonchev–Trinajstić information content (AvgIpc) is 2.55. The molecule has 0 aromatic carbocycles. The second-order valence-corrected chi connectivity index (χ2v) is 2.42. The molecule has 0 aliphatic carbocycles. The lowest BCUT2D eigenvalue weighted by molar-refractivity contribution is -0.199. The quantitative estimate of drug-likeness (QED) is 0.755. The highest BCUT2D eigenvalue weighted by atomic mass is 19.4. The molecule has 4 nitrogen and oxygen atoms in total. The Balaban J connectivity index is 2.26. The SMILES string of the molecule is O=C(OCCc1ncc[nH]1)C(F)(F)F. The molecule has 0 atom stereocenters. The summed E-state index contributed by atoms with van der Waals surface area (Å²) in [4.78, 5) is 16.6. The fourth-order valence-electron chi connectivity index (χ4n) is 0.757. The maximum absolute atomic E-state index is 11.6. The Morgan fingerprint density at radius 3 is 2.79 bits per heavy atom. The Kier molecular flexibility index (Phi) is 3.10. The summed E-state index contributed by atoms with van der Waals surface area (Å²) in [7, 11) is 0. The lowest BCUT2D eigenvalue weighted by Crippen LogP contribution is -2.26. The predicted molar refractivity (Wildman–Crippen MR) is 39.3 cm³/mol. The van der Waals surface area contributed by atoms with Crippen LogP contribution in [0.4, 0.5) is 13.2 Å². The molecule has 0 spiro atoms. The number of carbonyl (C=O) groups excluding carboxylic acids is 1. The maximum Gasteiger partial charge on any atom is 0.490 e. The van der Waals surface area contributed by atoms with E-state index in [1.165, 1.54) is 12.4 Å². The zero-order valence-corrected chi connectivity index (χ0v) is 6.97. The first-order chi connectivity index (χ1) is 6.50. The van der Waals surface area contributed by atoms with Gasteiger partial charge in [-0.25, -0.2) is 9.78 Å². The van der Waals surface area contributed by atoms with Crippen LogP contribution in [0.25, 0.3) is 0 Å². The highest BCUT2D eigenvalue weighted by Crippen LogP contribution is 2.16. The molecule has 0 unspecified atom stereocenters. The summed E-state index contributed by atoms with van der Waals surface area (Å²) in [5.74, 6) is -1.70. The third kappa shape index (κ3) is 3.08. The molecule has 1 heterocycles. The van der Waals surface area contributed by atoms with Crippen LogP contribution in [0.5, 0.6) is 0 Å². The number of aromatic amines is 1. The largest absolute Gasteiger partial charge is 0.490 e. The van der Waals surface area contributed by atoms with Gasteiger partial charge in [-0.1, -0.05) is 0 Å². The molecule has 1 N–H and O–H groups in total. The number of imidazole rings is 1. The first-order valence-electron chi connectivity index (χ1n) is 3.72. The normalized spacial score (nSPS) is 11.4. The summed E-state index contributed by atoms with van der Waals surface area (Å²) in [6, 6.07) is 0. The number of esters is 1. The molecular weight excluding hydrogens is 201 g/mol. The van der Waals surface area contributed by atoms with Crippen molar-refractivity contribution in [2.24, 2.45) is 0 Å². The lowest BCUT2D eigenvalue weighted by atomic mass is 10.4. The number of halogens is 3. The number of ether oxygens (including phenoxy) is 1. The summed E-state index contributed by atoms with van der Waals surface area (Å²) in [5, 5.41) is 0. The summed E-state index contributed by atoms with van der Waals surface area (Å²) in [6.07, 6.45) is -1.81. The van der Waals surface area contributed by atoms with Gasteiger partial charge in [-0.15, -0.1) is 0 Å². The van der Waals surface area contributed by atoms with Gasteiger partial charge in [-0.05, 0) is 0 Å². The highest BCUT2D eigenvalue weighted by Gasteiger charge is 2.40. The van der Waals surface area contributed by atoms with Crippen LogP contribution in [0.1, 0.15) is 5.82 Å². The van der Waals surface area contributed by atoms with E-state index < -0.39 is 12.1 Å². The number of H-pyrrole nitrogens is 1. The summed E-state index contributed by atoms with van der Waals surface area (Å²) in [5.41, 5.74) is 0. The van der Waals surface area contributed by atoms with Crippen LogP contribution < -0.4 is 0 Å². The van der Waals surface area contributed by atoms with Crippen molar-refractivity contribution in [1.29, 1.82) is 0 Å². The second kappa shape index (κ2) is 4.12. The summed E-state index contributed by atoms with van der Waals surface area (Å²) in [6.45, 7) is -0.341. The second-order valence-electron chi connectivity index (χ2n) is 2.42.